The molecule has 21 heavy (non-hydrogen) atoms. The molecule has 1 aliphatic heterocycles. The molecule has 2 aliphatic rings. The second-order valence-corrected chi connectivity index (χ2v) is 7.20. The molecule has 1 aromatic rings. The van der Waals surface area contributed by atoms with Crippen LogP contribution in [0.3, 0.4) is 0 Å². The molecule has 1 aromatic heterocycles. The van der Waals surface area contributed by atoms with Gasteiger partial charge in [-0.3, -0.25) is 4.79 Å². The highest BCUT2D eigenvalue weighted by Gasteiger charge is 2.41. The van der Waals surface area contributed by atoms with E-state index in [4.69, 9.17) is 10.5 Å². The Bertz CT molecular complexity index is 482. The maximum absolute atomic E-state index is 12.9. The molecule has 2 N–H and O–H groups in total. The van der Waals surface area contributed by atoms with Crippen LogP contribution in [0.2, 0.25) is 0 Å². The van der Waals surface area contributed by atoms with Gasteiger partial charge in [-0.05, 0) is 42.2 Å². The van der Waals surface area contributed by atoms with Crippen LogP contribution >= 0.6 is 11.3 Å². The lowest BCUT2D eigenvalue weighted by Gasteiger charge is -2.42. The van der Waals surface area contributed by atoms with Crippen molar-refractivity contribution in [2.45, 2.75) is 56.8 Å². The molecule has 1 saturated carbocycles. The highest BCUT2D eigenvalue weighted by Crippen LogP contribution is 2.32. The first-order valence-corrected chi connectivity index (χ1v) is 8.78. The Hall–Kier alpha value is -0.910. The number of carbonyl (C=O) groups is 1. The number of nitrogens with zero attached hydrogens (tertiary/aromatic N) is 1. The summed E-state index contributed by atoms with van der Waals surface area (Å²) in [4.78, 5) is 14.8. The van der Waals surface area contributed by atoms with Crippen LogP contribution in [0.15, 0.2) is 16.8 Å². The van der Waals surface area contributed by atoms with Gasteiger partial charge in [-0.25, -0.2) is 0 Å². The lowest BCUT2D eigenvalue weighted by molar-refractivity contribution is -0.151. The molecule has 0 spiro atoms. The van der Waals surface area contributed by atoms with Gasteiger partial charge < -0.3 is 15.4 Å². The summed E-state index contributed by atoms with van der Waals surface area (Å²) in [6, 6.07) is 2.08. The minimum Gasteiger partial charge on any atom is -0.367 e. The molecule has 2 atom stereocenters. The maximum Gasteiger partial charge on any atom is 0.242 e. The van der Waals surface area contributed by atoms with Crippen LogP contribution in [0.5, 0.6) is 0 Å². The second-order valence-electron chi connectivity index (χ2n) is 6.42. The number of carbonyl (C=O) groups excluding carboxylic acids is 1. The van der Waals surface area contributed by atoms with Crippen molar-refractivity contribution < 1.29 is 9.53 Å². The monoisotopic (exact) mass is 308 g/mol. The largest absolute Gasteiger partial charge is 0.367 e. The fourth-order valence-corrected chi connectivity index (χ4v) is 4.17. The molecule has 0 bridgehead atoms. The average molecular weight is 308 g/mol. The van der Waals surface area contributed by atoms with Gasteiger partial charge in [-0.2, -0.15) is 11.3 Å². The van der Waals surface area contributed by atoms with Crippen molar-refractivity contribution in [3.05, 3.63) is 22.4 Å². The van der Waals surface area contributed by atoms with E-state index >= 15 is 0 Å². The molecule has 2 unspecified atom stereocenters. The summed E-state index contributed by atoms with van der Waals surface area (Å²) in [5.41, 5.74) is 6.93. The lowest BCUT2D eigenvalue weighted by Crippen LogP contribution is -2.59. The number of hydrogen-bond donors (Lipinski definition) is 1. The van der Waals surface area contributed by atoms with Crippen LogP contribution in [0, 0.1) is 0 Å². The summed E-state index contributed by atoms with van der Waals surface area (Å²) in [7, 11) is 0. The molecule has 0 radical (unpaired) electrons. The zero-order chi connectivity index (χ0) is 14.9. The number of ether oxygens (including phenoxy) is 1. The summed E-state index contributed by atoms with van der Waals surface area (Å²) >= 11 is 1.66. The third-order valence-electron chi connectivity index (χ3n) is 4.63. The van der Waals surface area contributed by atoms with Gasteiger partial charge in [0.2, 0.25) is 5.91 Å². The Kier molecular flexibility index (Phi) is 4.33. The number of amides is 1. The van der Waals surface area contributed by atoms with Gasteiger partial charge in [0.25, 0.3) is 0 Å². The molecule has 2 heterocycles. The van der Waals surface area contributed by atoms with Crippen molar-refractivity contribution >= 4 is 17.2 Å². The SMILES string of the molecule is CC1CN(C(=O)C2(N)CCCCC2)CC(c2ccsc2)O1. The van der Waals surface area contributed by atoms with Crippen molar-refractivity contribution in [1.29, 1.82) is 0 Å². The van der Waals surface area contributed by atoms with Crippen molar-refractivity contribution in [3.8, 4) is 0 Å². The minimum absolute atomic E-state index is 0.0175. The quantitative estimate of drug-likeness (QED) is 0.914. The number of thiophene rings is 1. The highest BCUT2D eigenvalue weighted by molar-refractivity contribution is 7.07. The van der Waals surface area contributed by atoms with Crippen molar-refractivity contribution in [2.75, 3.05) is 13.1 Å². The molecule has 1 aliphatic carbocycles. The van der Waals surface area contributed by atoms with E-state index in [1.807, 2.05) is 11.8 Å². The molecule has 3 rings (SSSR count). The van der Waals surface area contributed by atoms with Crippen LogP contribution in [0.25, 0.3) is 0 Å². The molecule has 0 aromatic carbocycles. The lowest BCUT2D eigenvalue weighted by atomic mass is 9.81. The number of rotatable bonds is 2. The van der Waals surface area contributed by atoms with Gasteiger partial charge in [0.05, 0.1) is 18.2 Å². The van der Waals surface area contributed by atoms with E-state index in [1.165, 1.54) is 12.0 Å². The first kappa shape index (κ1) is 15.0. The van der Waals surface area contributed by atoms with Crippen molar-refractivity contribution in [1.82, 2.24) is 4.90 Å². The van der Waals surface area contributed by atoms with E-state index in [2.05, 4.69) is 16.8 Å². The van der Waals surface area contributed by atoms with Crippen LogP contribution in [0.4, 0.5) is 0 Å². The first-order chi connectivity index (χ1) is 10.1. The molecule has 116 valence electrons. The van der Waals surface area contributed by atoms with Crippen LogP contribution < -0.4 is 5.73 Å². The molecule has 1 saturated heterocycles. The fraction of sp³-hybridized carbons (Fsp3) is 0.688. The zero-order valence-electron chi connectivity index (χ0n) is 12.6. The van der Waals surface area contributed by atoms with Crippen LogP contribution in [0.1, 0.15) is 50.7 Å². The van der Waals surface area contributed by atoms with E-state index in [0.29, 0.717) is 13.1 Å². The standard InChI is InChI=1S/C16H24N2O2S/c1-12-9-18(10-14(20-12)13-5-8-21-11-13)15(19)16(17)6-3-2-4-7-16/h5,8,11-12,14H,2-4,6-7,9-10,17H2,1H3. The first-order valence-electron chi connectivity index (χ1n) is 7.84. The minimum atomic E-state index is -0.644. The average Bonchev–Trinajstić information content (AvgIpc) is 3.01. The Labute approximate surface area is 130 Å². The normalized spacial score (nSPS) is 29.3. The number of nitrogens with two attached hydrogens (primary N) is 1. The summed E-state index contributed by atoms with van der Waals surface area (Å²) in [6.45, 7) is 3.31. The predicted octanol–water partition coefficient (Wildman–Crippen LogP) is 2.70. The van der Waals surface area contributed by atoms with Gasteiger partial charge in [-0.1, -0.05) is 19.3 Å². The Morgan fingerprint density at radius 1 is 1.38 bits per heavy atom. The molecule has 2 fully saturated rings. The topological polar surface area (TPSA) is 55.6 Å². The Morgan fingerprint density at radius 2 is 2.14 bits per heavy atom. The maximum atomic E-state index is 12.9. The smallest absolute Gasteiger partial charge is 0.242 e. The number of morpholine rings is 1. The van der Waals surface area contributed by atoms with Gasteiger partial charge in [-0.15, -0.1) is 0 Å². The molecule has 5 heteroatoms. The van der Waals surface area contributed by atoms with E-state index in [0.717, 1.165) is 25.7 Å². The Balaban J connectivity index is 1.73. The second kappa shape index (κ2) is 6.07. The third-order valence-corrected chi connectivity index (χ3v) is 5.34. The van der Waals surface area contributed by atoms with E-state index in [-0.39, 0.29) is 18.1 Å². The summed E-state index contributed by atoms with van der Waals surface area (Å²) in [5.74, 6) is 0.123. The van der Waals surface area contributed by atoms with Crippen molar-refractivity contribution in [2.24, 2.45) is 5.73 Å². The Morgan fingerprint density at radius 3 is 2.81 bits per heavy atom. The number of hydrogen-bond acceptors (Lipinski definition) is 4. The van der Waals surface area contributed by atoms with E-state index in [9.17, 15) is 4.79 Å². The van der Waals surface area contributed by atoms with Gasteiger partial charge in [0.1, 0.15) is 6.10 Å². The van der Waals surface area contributed by atoms with E-state index in [1.54, 1.807) is 11.3 Å². The molecular formula is C16H24N2O2S. The third kappa shape index (κ3) is 3.15. The van der Waals surface area contributed by atoms with Crippen LogP contribution in [-0.4, -0.2) is 35.5 Å². The van der Waals surface area contributed by atoms with Crippen LogP contribution in [-0.2, 0) is 9.53 Å². The fourth-order valence-electron chi connectivity index (χ4n) is 3.47. The van der Waals surface area contributed by atoms with Gasteiger partial charge in [0, 0.05) is 6.54 Å². The zero-order valence-corrected chi connectivity index (χ0v) is 13.4. The predicted molar refractivity (Wildman–Crippen MR) is 84.2 cm³/mol. The summed E-state index contributed by atoms with van der Waals surface area (Å²) in [6.07, 6.45) is 5.01. The molecule has 4 nitrogen and oxygen atoms in total. The highest BCUT2D eigenvalue weighted by atomic mass is 32.1. The molecular weight excluding hydrogens is 284 g/mol. The van der Waals surface area contributed by atoms with E-state index < -0.39 is 5.54 Å². The summed E-state index contributed by atoms with van der Waals surface area (Å²) < 4.78 is 6.00. The van der Waals surface area contributed by atoms with Gasteiger partial charge >= 0.3 is 0 Å². The summed E-state index contributed by atoms with van der Waals surface area (Å²) in [5, 5.41) is 4.15. The van der Waals surface area contributed by atoms with Crippen molar-refractivity contribution in [3.63, 3.8) is 0 Å². The van der Waals surface area contributed by atoms with Gasteiger partial charge in [0.15, 0.2) is 0 Å². The molecule has 1 amide bonds.